The maximum absolute atomic E-state index is 11.2. The van der Waals surface area contributed by atoms with E-state index in [-0.39, 0.29) is 5.97 Å². The van der Waals surface area contributed by atoms with Gasteiger partial charge in [0.15, 0.2) is 0 Å². The molecule has 0 saturated heterocycles. The summed E-state index contributed by atoms with van der Waals surface area (Å²) >= 11 is 0. The van der Waals surface area contributed by atoms with E-state index in [1.165, 1.54) is 26.4 Å². The van der Waals surface area contributed by atoms with E-state index in [2.05, 4.69) is 16.6 Å². The maximum Gasteiger partial charge on any atom is 0.333 e. The average Bonchev–Trinajstić information content (AvgIpc) is 3.06. The van der Waals surface area contributed by atoms with Crippen LogP contribution in [0.4, 0.5) is 0 Å². The Morgan fingerprint density at radius 3 is 2.67 bits per heavy atom. The summed E-state index contributed by atoms with van der Waals surface area (Å²) in [5, 5.41) is 0. The van der Waals surface area contributed by atoms with Gasteiger partial charge in [0, 0.05) is 18.2 Å². The van der Waals surface area contributed by atoms with Crippen molar-refractivity contribution in [1.82, 2.24) is 4.90 Å². The van der Waals surface area contributed by atoms with Gasteiger partial charge in [0.1, 0.15) is 0 Å². The Bertz CT molecular complexity index is 244. The first-order valence-corrected chi connectivity index (χ1v) is 5.68. The second-order valence-electron chi connectivity index (χ2n) is 4.10. The van der Waals surface area contributed by atoms with E-state index in [0.29, 0.717) is 5.57 Å². The van der Waals surface area contributed by atoms with E-state index in [9.17, 15) is 4.79 Å². The zero-order chi connectivity index (χ0) is 11.3. The van der Waals surface area contributed by atoms with Crippen LogP contribution >= 0.6 is 0 Å². The second-order valence-corrected chi connectivity index (χ2v) is 4.10. The van der Waals surface area contributed by atoms with Crippen LogP contribution in [0.25, 0.3) is 0 Å². The van der Waals surface area contributed by atoms with E-state index in [1.54, 1.807) is 0 Å². The summed E-state index contributed by atoms with van der Waals surface area (Å²) in [6.45, 7) is 5.99. The first kappa shape index (κ1) is 12.2. The first-order valence-electron chi connectivity index (χ1n) is 5.68. The van der Waals surface area contributed by atoms with Gasteiger partial charge in [-0.3, -0.25) is 4.90 Å². The minimum atomic E-state index is -0.220. The summed E-state index contributed by atoms with van der Waals surface area (Å²) in [5.41, 5.74) is 0.708. The van der Waals surface area contributed by atoms with Gasteiger partial charge in [-0.05, 0) is 32.7 Å². The van der Waals surface area contributed by atoms with Crippen LogP contribution < -0.4 is 0 Å². The van der Waals surface area contributed by atoms with E-state index in [0.717, 1.165) is 19.1 Å². The van der Waals surface area contributed by atoms with Crippen molar-refractivity contribution in [1.29, 1.82) is 0 Å². The molecule has 0 bridgehead atoms. The lowest BCUT2D eigenvalue weighted by atomic mass is 10.2. The molecule has 1 rings (SSSR count). The summed E-state index contributed by atoms with van der Waals surface area (Å²) in [5.74, 6) is -0.220. The number of nitrogens with zero attached hydrogens (tertiary/aromatic N) is 1. The van der Waals surface area contributed by atoms with Gasteiger partial charge in [0.05, 0.1) is 7.11 Å². The number of hydrogen-bond donors (Lipinski definition) is 0. The molecule has 0 heterocycles. The lowest BCUT2D eigenvalue weighted by molar-refractivity contribution is -0.136. The van der Waals surface area contributed by atoms with Crippen LogP contribution in [-0.4, -0.2) is 37.1 Å². The van der Waals surface area contributed by atoms with Crippen molar-refractivity contribution in [2.75, 3.05) is 20.2 Å². The molecule has 0 amide bonds. The molecule has 0 aromatic heterocycles. The Labute approximate surface area is 92.1 Å². The van der Waals surface area contributed by atoms with Crippen molar-refractivity contribution in [3.05, 3.63) is 11.6 Å². The largest absolute Gasteiger partial charge is 0.466 e. The van der Waals surface area contributed by atoms with Gasteiger partial charge in [0.2, 0.25) is 0 Å². The van der Waals surface area contributed by atoms with Crippen molar-refractivity contribution in [3.8, 4) is 0 Å². The average molecular weight is 211 g/mol. The van der Waals surface area contributed by atoms with Crippen molar-refractivity contribution in [2.24, 2.45) is 0 Å². The van der Waals surface area contributed by atoms with Gasteiger partial charge in [-0.1, -0.05) is 13.0 Å². The van der Waals surface area contributed by atoms with Crippen LogP contribution in [0.2, 0.25) is 0 Å². The standard InChI is InChI=1S/C12H21NO2/c1-4-8-13(11-5-6-11)9-7-10(2)12(14)15-3/h7,11H,4-6,8-9H2,1-3H3. The number of carbonyl (C=O) groups excluding carboxylic acids is 1. The first-order chi connectivity index (χ1) is 7.19. The Kier molecular flexibility index (Phi) is 4.82. The van der Waals surface area contributed by atoms with Crippen LogP contribution in [0.3, 0.4) is 0 Å². The molecule has 1 saturated carbocycles. The lowest BCUT2D eigenvalue weighted by Crippen LogP contribution is -2.27. The fraction of sp³-hybridized carbons (Fsp3) is 0.750. The van der Waals surface area contributed by atoms with Gasteiger partial charge in [-0.15, -0.1) is 0 Å². The SMILES string of the molecule is CCCN(CC=C(C)C(=O)OC)C1CC1. The highest BCUT2D eigenvalue weighted by Crippen LogP contribution is 2.26. The van der Waals surface area contributed by atoms with Gasteiger partial charge in [-0.2, -0.15) is 0 Å². The predicted molar refractivity (Wildman–Crippen MR) is 60.7 cm³/mol. The molecular weight excluding hydrogens is 190 g/mol. The molecule has 0 unspecified atom stereocenters. The van der Waals surface area contributed by atoms with Crippen LogP contribution in [0.1, 0.15) is 33.1 Å². The summed E-state index contributed by atoms with van der Waals surface area (Å²) in [7, 11) is 1.42. The molecule has 0 atom stereocenters. The highest BCUT2D eigenvalue weighted by molar-refractivity contribution is 5.87. The van der Waals surface area contributed by atoms with Crippen LogP contribution in [-0.2, 0) is 9.53 Å². The lowest BCUT2D eigenvalue weighted by Gasteiger charge is -2.19. The third-order valence-electron chi connectivity index (χ3n) is 2.71. The fourth-order valence-electron chi connectivity index (χ4n) is 1.65. The number of ether oxygens (including phenoxy) is 1. The topological polar surface area (TPSA) is 29.5 Å². The molecule has 0 aromatic carbocycles. The highest BCUT2D eigenvalue weighted by atomic mass is 16.5. The van der Waals surface area contributed by atoms with Gasteiger partial charge < -0.3 is 4.74 Å². The Morgan fingerprint density at radius 1 is 1.53 bits per heavy atom. The third kappa shape index (κ3) is 4.04. The molecule has 0 aromatic rings. The molecule has 0 N–H and O–H groups in total. The minimum absolute atomic E-state index is 0.220. The highest BCUT2D eigenvalue weighted by Gasteiger charge is 2.27. The molecule has 1 aliphatic carbocycles. The summed E-state index contributed by atoms with van der Waals surface area (Å²) in [4.78, 5) is 13.6. The van der Waals surface area contributed by atoms with E-state index in [1.807, 2.05) is 13.0 Å². The Morgan fingerprint density at radius 2 is 2.20 bits per heavy atom. The molecule has 0 spiro atoms. The molecular formula is C12H21NO2. The minimum Gasteiger partial charge on any atom is -0.466 e. The molecule has 3 nitrogen and oxygen atoms in total. The van der Waals surface area contributed by atoms with E-state index in [4.69, 9.17) is 0 Å². The molecule has 0 radical (unpaired) electrons. The number of hydrogen-bond acceptors (Lipinski definition) is 3. The summed E-state index contributed by atoms with van der Waals surface area (Å²) in [6, 6.07) is 0.756. The summed E-state index contributed by atoms with van der Waals surface area (Å²) < 4.78 is 4.65. The normalized spacial score (nSPS) is 16.9. The van der Waals surface area contributed by atoms with E-state index >= 15 is 0 Å². The van der Waals surface area contributed by atoms with Crippen molar-refractivity contribution >= 4 is 5.97 Å². The molecule has 0 aliphatic heterocycles. The Balaban J connectivity index is 2.40. The quantitative estimate of drug-likeness (QED) is 0.497. The molecule has 3 heteroatoms. The second kappa shape index (κ2) is 5.91. The predicted octanol–water partition coefficient (Wildman–Crippen LogP) is 1.98. The van der Waals surface area contributed by atoms with Gasteiger partial charge in [0.25, 0.3) is 0 Å². The van der Waals surface area contributed by atoms with Crippen molar-refractivity contribution < 1.29 is 9.53 Å². The smallest absolute Gasteiger partial charge is 0.333 e. The molecule has 15 heavy (non-hydrogen) atoms. The zero-order valence-electron chi connectivity index (χ0n) is 9.95. The third-order valence-corrected chi connectivity index (χ3v) is 2.71. The number of carbonyl (C=O) groups is 1. The van der Waals surface area contributed by atoms with Gasteiger partial charge in [-0.25, -0.2) is 4.79 Å². The van der Waals surface area contributed by atoms with Crippen molar-refractivity contribution in [2.45, 2.75) is 39.2 Å². The van der Waals surface area contributed by atoms with Crippen LogP contribution in [0.15, 0.2) is 11.6 Å². The fourth-order valence-corrected chi connectivity index (χ4v) is 1.65. The Hall–Kier alpha value is -0.830. The molecule has 1 fully saturated rings. The van der Waals surface area contributed by atoms with Gasteiger partial charge >= 0.3 is 5.97 Å². The monoisotopic (exact) mass is 211 g/mol. The summed E-state index contributed by atoms with van der Waals surface area (Å²) in [6.07, 6.45) is 5.76. The van der Waals surface area contributed by atoms with Crippen LogP contribution in [0.5, 0.6) is 0 Å². The van der Waals surface area contributed by atoms with E-state index < -0.39 is 0 Å². The zero-order valence-corrected chi connectivity index (χ0v) is 9.95. The maximum atomic E-state index is 11.2. The number of rotatable bonds is 6. The number of esters is 1. The molecule has 1 aliphatic rings. The molecule has 86 valence electrons. The number of methoxy groups -OCH3 is 1. The van der Waals surface area contributed by atoms with Crippen LogP contribution in [0, 0.1) is 0 Å². The van der Waals surface area contributed by atoms with Crippen molar-refractivity contribution in [3.63, 3.8) is 0 Å².